The Kier molecular flexibility index (Phi) is 11.3. The van der Waals surface area contributed by atoms with Crippen molar-refractivity contribution in [2.45, 2.75) is 39.3 Å². The monoisotopic (exact) mass is 438 g/mol. The first kappa shape index (κ1) is 27.3. The zero-order valence-corrected chi connectivity index (χ0v) is 17.7. The molecule has 0 amide bonds. The molecule has 0 fully saturated rings. The molecule has 0 aromatic heterocycles. The van der Waals surface area contributed by atoms with Crippen LogP contribution in [0.25, 0.3) is 0 Å². The van der Waals surface area contributed by atoms with Crippen molar-refractivity contribution >= 4 is 29.8 Å². The van der Waals surface area contributed by atoms with Crippen molar-refractivity contribution in [2.24, 2.45) is 5.41 Å². The molecule has 0 aliphatic rings. The van der Waals surface area contributed by atoms with Gasteiger partial charge in [0.15, 0.2) is 6.10 Å². The van der Waals surface area contributed by atoms with E-state index in [4.69, 9.17) is 23.7 Å². The lowest BCUT2D eigenvalue weighted by Crippen LogP contribution is -2.50. The fourth-order valence-electron chi connectivity index (χ4n) is 1.71. The predicted molar refractivity (Wildman–Crippen MR) is 107 cm³/mol. The third-order valence-electron chi connectivity index (χ3n) is 3.28. The quantitative estimate of drug-likeness (QED) is 0.191. The van der Waals surface area contributed by atoms with Gasteiger partial charge in [0, 0.05) is 24.3 Å². The molecule has 0 saturated heterocycles. The largest absolute Gasteiger partial charge is 0.458 e. The lowest BCUT2D eigenvalue weighted by atomic mass is 9.97. The molecule has 0 radical (unpaired) electrons. The minimum Gasteiger partial charge on any atom is -0.458 e. The fourth-order valence-corrected chi connectivity index (χ4v) is 1.71. The van der Waals surface area contributed by atoms with Gasteiger partial charge in [0.1, 0.15) is 6.61 Å². The third-order valence-corrected chi connectivity index (χ3v) is 3.28. The molecule has 10 nitrogen and oxygen atoms in total. The second-order valence-corrected chi connectivity index (χ2v) is 6.78. The Bertz CT molecular complexity index is 744. The van der Waals surface area contributed by atoms with Crippen LogP contribution >= 0.6 is 0 Å². The zero-order valence-electron chi connectivity index (χ0n) is 17.7. The lowest BCUT2D eigenvalue weighted by molar-refractivity contribution is -0.231. The number of esters is 5. The van der Waals surface area contributed by atoms with Crippen LogP contribution in [-0.4, -0.2) is 55.0 Å². The number of ether oxygens (including phenoxy) is 5. The van der Waals surface area contributed by atoms with E-state index in [2.05, 4.69) is 26.3 Å². The van der Waals surface area contributed by atoms with Gasteiger partial charge in [-0.15, -0.1) is 0 Å². The standard InChI is InChI=1S/C21H26O10/c1-8-14(22)27-12-13(28-15(23)9-2)18(29-16(24)10-3)19(30-17(25)11-4)31-20(26)21(5,6)7/h8-11,13,18-19H,1-4,12H2,5-7H3. The van der Waals surface area contributed by atoms with Gasteiger partial charge < -0.3 is 23.7 Å². The van der Waals surface area contributed by atoms with Crippen LogP contribution in [0.2, 0.25) is 0 Å². The van der Waals surface area contributed by atoms with E-state index in [1.54, 1.807) is 0 Å². The first-order valence-electron chi connectivity index (χ1n) is 8.89. The molecule has 0 saturated carbocycles. The van der Waals surface area contributed by atoms with Crippen molar-refractivity contribution in [1.82, 2.24) is 0 Å². The smallest absolute Gasteiger partial charge is 0.333 e. The van der Waals surface area contributed by atoms with Crippen LogP contribution in [0, 0.1) is 5.41 Å². The van der Waals surface area contributed by atoms with Crippen molar-refractivity contribution < 1.29 is 47.7 Å². The minimum atomic E-state index is -1.90. The molecule has 0 spiro atoms. The van der Waals surface area contributed by atoms with Gasteiger partial charge in [-0.3, -0.25) is 4.79 Å². The Morgan fingerprint density at radius 2 is 1.16 bits per heavy atom. The average Bonchev–Trinajstić information content (AvgIpc) is 2.72. The summed E-state index contributed by atoms with van der Waals surface area (Å²) in [4.78, 5) is 59.4. The molecule has 3 atom stereocenters. The number of hydrogen-bond donors (Lipinski definition) is 0. The molecule has 170 valence electrons. The van der Waals surface area contributed by atoms with Crippen molar-refractivity contribution in [2.75, 3.05) is 6.61 Å². The second kappa shape index (κ2) is 12.8. The summed E-state index contributed by atoms with van der Waals surface area (Å²) in [5.74, 6) is -4.80. The van der Waals surface area contributed by atoms with E-state index in [9.17, 15) is 24.0 Å². The summed E-state index contributed by atoms with van der Waals surface area (Å²) in [6, 6.07) is 0. The topological polar surface area (TPSA) is 132 Å². The molecule has 0 bridgehead atoms. The highest BCUT2D eigenvalue weighted by Crippen LogP contribution is 2.22. The Morgan fingerprint density at radius 3 is 1.61 bits per heavy atom. The lowest BCUT2D eigenvalue weighted by Gasteiger charge is -2.32. The van der Waals surface area contributed by atoms with E-state index in [1.165, 1.54) is 20.8 Å². The van der Waals surface area contributed by atoms with Crippen molar-refractivity contribution in [3.63, 3.8) is 0 Å². The zero-order chi connectivity index (χ0) is 24.2. The van der Waals surface area contributed by atoms with Gasteiger partial charge >= 0.3 is 29.8 Å². The normalized spacial score (nSPS) is 13.3. The van der Waals surface area contributed by atoms with E-state index in [0.717, 1.165) is 24.3 Å². The van der Waals surface area contributed by atoms with Crippen LogP contribution in [0.5, 0.6) is 0 Å². The van der Waals surface area contributed by atoms with E-state index in [1.807, 2.05) is 0 Å². The summed E-state index contributed by atoms with van der Waals surface area (Å²) in [5.41, 5.74) is -1.05. The van der Waals surface area contributed by atoms with Crippen molar-refractivity contribution in [3.8, 4) is 0 Å². The van der Waals surface area contributed by atoms with Crippen LogP contribution in [0.1, 0.15) is 20.8 Å². The first-order valence-corrected chi connectivity index (χ1v) is 8.89. The molecule has 0 N–H and O–H groups in total. The minimum absolute atomic E-state index is 0.672. The van der Waals surface area contributed by atoms with Crippen LogP contribution in [0.3, 0.4) is 0 Å². The third kappa shape index (κ3) is 10.1. The Balaban J connectivity index is 6.24. The van der Waals surface area contributed by atoms with E-state index < -0.39 is 60.4 Å². The van der Waals surface area contributed by atoms with Gasteiger partial charge in [-0.2, -0.15) is 0 Å². The summed E-state index contributed by atoms with van der Waals surface area (Å²) in [6.45, 7) is 16.8. The highest BCUT2D eigenvalue weighted by Gasteiger charge is 2.42. The Labute approximate surface area is 180 Å². The predicted octanol–water partition coefficient (Wildman–Crippen LogP) is 1.56. The second-order valence-electron chi connectivity index (χ2n) is 6.78. The number of hydrogen-bond acceptors (Lipinski definition) is 10. The molecule has 0 aliphatic carbocycles. The molecule has 10 heteroatoms. The van der Waals surface area contributed by atoms with Gasteiger partial charge in [-0.1, -0.05) is 26.3 Å². The highest BCUT2D eigenvalue weighted by atomic mass is 16.7. The fraction of sp³-hybridized carbons (Fsp3) is 0.381. The maximum atomic E-state index is 12.4. The molecule has 0 heterocycles. The number of carbonyl (C=O) groups is 5. The van der Waals surface area contributed by atoms with Gasteiger partial charge in [0.25, 0.3) is 6.29 Å². The Morgan fingerprint density at radius 1 is 0.710 bits per heavy atom. The highest BCUT2D eigenvalue weighted by molar-refractivity contribution is 5.83. The van der Waals surface area contributed by atoms with E-state index in [-0.39, 0.29) is 0 Å². The van der Waals surface area contributed by atoms with Crippen LogP contribution < -0.4 is 0 Å². The maximum absolute atomic E-state index is 12.4. The summed E-state index contributed by atoms with van der Waals surface area (Å²) < 4.78 is 25.3. The van der Waals surface area contributed by atoms with Gasteiger partial charge in [0.05, 0.1) is 5.41 Å². The summed E-state index contributed by atoms with van der Waals surface area (Å²) in [5, 5.41) is 0. The number of carbonyl (C=O) groups excluding carboxylic acids is 5. The molecule has 0 aromatic rings. The molecular formula is C21H26O10. The summed E-state index contributed by atoms with van der Waals surface area (Å²) >= 11 is 0. The number of rotatable bonds is 12. The maximum Gasteiger partial charge on any atom is 0.333 e. The van der Waals surface area contributed by atoms with E-state index >= 15 is 0 Å². The molecule has 0 rings (SSSR count). The van der Waals surface area contributed by atoms with Crippen molar-refractivity contribution in [1.29, 1.82) is 0 Å². The van der Waals surface area contributed by atoms with Gasteiger partial charge in [-0.05, 0) is 20.8 Å². The van der Waals surface area contributed by atoms with Crippen LogP contribution in [0.4, 0.5) is 0 Å². The summed E-state index contributed by atoms with van der Waals surface area (Å²) in [6.07, 6.45) is -2.05. The van der Waals surface area contributed by atoms with Crippen LogP contribution in [0.15, 0.2) is 50.6 Å². The van der Waals surface area contributed by atoms with E-state index in [0.29, 0.717) is 0 Å². The molecule has 3 unspecified atom stereocenters. The van der Waals surface area contributed by atoms with Gasteiger partial charge in [-0.25, -0.2) is 19.2 Å². The van der Waals surface area contributed by atoms with Gasteiger partial charge in [0.2, 0.25) is 6.10 Å². The first-order chi connectivity index (χ1) is 14.4. The van der Waals surface area contributed by atoms with Crippen molar-refractivity contribution in [3.05, 3.63) is 50.6 Å². The SMILES string of the molecule is C=CC(=O)OCC(OC(=O)C=C)C(OC(=O)C=C)C(OC(=O)C=C)OC(=O)C(C)(C)C. The Hall–Kier alpha value is -3.69. The van der Waals surface area contributed by atoms with Crippen LogP contribution in [-0.2, 0) is 47.7 Å². The molecule has 0 aromatic carbocycles. The molecular weight excluding hydrogens is 412 g/mol. The molecule has 0 aliphatic heterocycles. The summed E-state index contributed by atoms with van der Waals surface area (Å²) in [7, 11) is 0. The average molecular weight is 438 g/mol. The molecule has 31 heavy (non-hydrogen) atoms.